The van der Waals surface area contributed by atoms with E-state index in [1.807, 2.05) is 0 Å². The summed E-state index contributed by atoms with van der Waals surface area (Å²) in [5.41, 5.74) is 0. The lowest BCUT2D eigenvalue weighted by Gasteiger charge is -2.20. The Hall–Kier alpha value is -0.130. The van der Waals surface area contributed by atoms with Gasteiger partial charge in [-0.1, -0.05) is 0 Å². The lowest BCUT2D eigenvalue weighted by atomic mass is 10.2. The summed E-state index contributed by atoms with van der Waals surface area (Å²) in [5.74, 6) is 0. The first-order valence-corrected chi connectivity index (χ1v) is 5.53. The third-order valence-electron chi connectivity index (χ3n) is 2.20. The smallest absolute Gasteiger partial charge is 0.211 e. The lowest BCUT2D eigenvalue weighted by molar-refractivity contribution is 0.359. The summed E-state index contributed by atoms with van der Waals surface area (Å²) in [4.78, 5) is 0. The standard InChI is InChI=1S/C6H11NO3S/c1-11(8,9)7-3-2-5-6(4-7)10-5/h5-6H,2-4H2,1H3. The molecule has 0 N–H and O–H groups in total. The van der Waals surface area contributed by atoms with Gasteiger partial charge in [0.05, 0.1) is 18.5 Å². The van der Waals surface area contributed by atoms with E-state index in [4.69, 9.17) is 4.74 Å². The molecule has 2 aliphatic heterocycles. The van der Waals surface area contributed by atoms with Crippen LogP contribution in [0.1, 0.15) is 6.42 Å². The second kappa shape index (κ2) is 2.18. The van der Waals surface area contributed by atoms with Gasteiger partial charge in [-0.25, -0.2) is 8.42 Å². The number of rotatable bonds is 1. The van der Waals surface area contributed by atoms with Crippen LogP contribution in [0.5, 0.6) is 0 Å². The SMILES string of the molecule is CS(=O)(=O)N1CCC2OC2C1. The fraction of sp³-hybridized carbons (Fsp3) is 1.00. The van der Waals surface area contributed by atoms with Crippen LogP contribution in [-0.2, 0) is 14.8 Å². The fourth-order valence-corrected chi connectivity index (χ4v) is 2.31. The quantitative estimate of drug-likeness (QED) is 0.503. The number of epoxide rings is 1. The minimum Gasteiger partial charge on any atom is -0.368 e. The normalized spacial score (nSPS) is 38.3. The molecule has 5 heteroatoms. The highest BCUT2D eigenvalue weighted by molar-refractivity contribution is 7.88. The summed E-state index contributed by atoms with van der Waals surface area (Å²) in [7, 11) is -2.98. The molecule has 0 radical (unpaired) electrons. The van der Waals surface area contributed by atoms with Crippen molar-refractivity contribution >= 4 is 10.0 Å². The number of sulfonamides is 1. The number of hydrogen-bond acceptors (Lipinski definition) is 3. The van der Waals surface area contributed by atoms with Crippen LogP contribution in [0.3, 0.4) is 0 Å². The Balaban J connectivity index is 2.06. The molecule has 2 rings (SSSR count). The second-order valence-corrected chi connectivity index (χ2v) is 5.11. The van der Waals surface area contributed by atoms with Crippen molar-refractivity contribution in [2.24, 2.45) is 0 Å². The molecule has 2 unspecified atom stereocenters. The van der Waals surface area contributed by atoms with E-state index < -0.39 is 10.0 Å². The molecule has 11 heavy (non-hydrogen) atoms. The van der Waals surface area contributed by atoms with E-state index in [0.717, 1.165) is 6.42 Å². The summed E-state index contributed by atoms with van der Waals surface area (Å²) < 4.78 is 28.7. The van der Waals surface area contributed by atoms with Crippen LogP contribution in [0.4, 0.5) is 0 Å². The molecule has 0 aromatic carbocycles. The van der Waals surface area contributed by atoms with Crippen molar-refractivity contribution in [3.8, 4) is 0 Å². The monoisotopic (exact) mass is 177 g/mol. The second-order valence-electron chi connectivity index (χ2n) is 3.12. The largest absolute Gasteiger partial charge is 0.368 e. The van der Waals surface area contributed by atoms with Gasteiger partial charge in [0, 0.05) is 13.1 Å². The minimum atomic E-state index is -2.98. The minimum absolute atomic E-state index is 0.193. The summed E-state index contributed by atoms with van der Waals surface area (Å²) in [6, 6.07) is 0. The van der Waals surface area contributed by atoms with Gasteiger partial charge in [-0.3, -0.25) is 0 Å². The van der Waals surface area contributed by atoms with Crippen LogP contribution in [0.25, 0.3) is 0 Å². The maximum Gasteiger partial charge on any atom is 0.211 e. The first kappa shape index (κ1) is 7.52. The molecule has 0 amide bonds. The number of ether oxygens (including phenoxy) is 1. The molecule has 2 saturated heterocycles. The lowest BCUT2D eigenvalue weighted by Crippen LogP contribution is -2.38. The average molecular weight is 177 g/mol. The predicted octanol–water partition coefficient (Wildman–Crippen LogP) is -0.581. The Morgan fingerprint density at radius 2 is 2.18 bits per heavy atom. The van der Waals surface area contributed by atoms with Crippen molar-refractivity contribution in [3.05, 3.63) is 0 Å². The van der Waals surface area contributed by atoms with Gasteiger partial charge in [-0.2, -0.15) is 4.31 Å². The first-order chi connectivity index (χ1) is 5.07. The van der Waals surface area contributed by atoms with Crippen LogP contribution in [-0.4, -0.2) is 44.3 Å². The van der Waals surface area contributed by atoms with Crippen LogP contribution in [0.2, 0.25) is 0 Å². The van der Waals surface area contributed by atoms with Gasteiger partial charge < -0.3 is 4.74 Å². The van der Waals surface area contributed by atoms with E-state index in [2.05, 4.69) is 0 Å². The van der Waals surface area contributed by atoms with Crippen molar-refractivity contribution < 1.29 is 13.2 Å². The van der Waals surface area contributed by atoms with Gasteiger partial charge in [0.1, 0.15) is 0 Å². The molecule has 0 aliphatic carbocycles. The van der Waals surface area contributed by atoms with Gasteiger partial charge >= 0.3 is 0 Å². The molecular weight excluding hydrogens is 166 g/mol. The topological polar surface area (TPSA) is 49.9 Å². The van der Waals surface area contributed by atoms with Gasteiger partial charge in [0.25, 0.3) is 0 Å². The summed E-state index contributed by atoms with van der Waals surface area (Å²) in [6.07, 6.45) is 2.65. The van der Waals surface area contributed by atoms with E-state index >= 15 is 0 Å². The first-order valence-electron chi connectivity index (χ1n) is 3.68. The van der Waals surface area contributed by atoms with Crippen molar-refractivity contribution in [1.82, 2.24) is 4.31 Å². The van der Waals surface area contributed by atoms with E-state index in [1.165, 1.54) is 10.6 Å². The van der Waals surface area contributed by atoms with Gasteiger partial charge in [0.15, 0.2) is 0 Å². The highest BCUT2D eigenvalue weighted by Crippen LogP contribution is 2.31. The zero-order chi connectivity index (χ0) is 8.06. The Kier molecular flexibility index (Phi) is 1.49. The van der Waals surface area contributed by atoms with Crippen molar-refractivity contribution in [2.45, 2.75) is 18.6 Å². The molecule has 2 heterocycles. The van der Waals surface area contributed by atoms with Crippen molar-refractivity contribution in [3.63, 3.8) is 0 Å². The predicted molar refractivity (Wildman–Crippen MR) is 39.7 cm³/mol. The van der Waals surface area contributed by atoms with Gasteiger partial charge in [0.2, 0.25) is 10.0 Å². The molecule has 64 valence electrons. The molecule has 0 aromatic rings. The van der Waals surface area contributed by atoms with Gasteiger partial charge in [-0.05, 0) is 6.42 Å². The fourth-order valence-electron chi connectivity index (χ4n) is 1.46. The summed E-state index contributed by atoms with van der Waals surface area (Å²) in [6.45, 7) is 1.18. The molecule has 0 saturated carbocycles. The summed E-state index contributed by atoms with van der Waals surface area (Å²) in [5, 5.41) is 0. The molecule has 2 fully saturated rings. The Bertz CT molecular complexity index is 261. The Labute approximate surface area is 66.2 Å². The number of piperidine rings is 1. The maximum absolute atomic E-state index is 11.0. The molecule has 0 spiro atoms. The highest BCUT2D eigenvalue weighted by atomic mass is 32.2. The summed E-state index contributed by atoms with van der Waals surface area (Å²) >= 11 is 0. The molecule has 0 bridgehead atoms. The highest BCUT2D eigenvalue weighted by Gasteiger charge is 2.45. The molecule has 2 aliphatic rings. The van der Waals surface area contributed by atoms with Crippen LogP contribution >= 0.6 is 0 Å². The molecule has 4 nitrogen and oxygen atoms in total. The van der Waals surface area contributed by atoms with E-state index in [0.29, 0.717) is 19.2 Å². The van der Waals surface area contributed by atoms with Gasteiger partial charge in [-0.15, -0.1) is 0 Å². The third-order valence-corrected chi connectivity index (χ3v) is 3.47. The van der Waals surface area contributed by atoms with E-state index in [-0.39, 0.29) is 6.10 Å². The molecule has 2 atom stereocenters. The molecule has 0 aromatic heterocycles. The number of nitrogens with zero attached hydrogens (tertiary/aromatic N) is 1. The molecular formula is C6H11NO3S. The Morgan fingerprint density at radius 3 is 2.73 bits per heavy atom. The van der Waals surface area contributed by atoms with Crippen molar-refractivity contribution in [1.29, 1.82) is 0 Å². The zero-order valence-electron chi connectivity index (χ0n) is 6.36. The third kappa shape index (κ3) is 1.40. The van der Waals surface area contributed by atoms with Crippen LogP contribution < -0.4 is 0 Å². The van der Waals surface area contributed by atoms with Crippen LogP contribution in [0.15, 0.2) is 0 Å². The van der Waals surface area contributed by atoms with E-state index in [1.54, 1.807) is 0 Å². The zero-order valence-corrected chi connectivity index (χ0v) is 7.17. The van der Waals surface area contributed by atoms with Crippen molar-refractivity contribution in [2.75, 3.05) is 19.3 Å². The average Bonchev–Trinajstić information content (AvgIpc) is 2.60. The number of hydrogen-bond donors (Lipinski definition) is 0. The maximum atomic E-state index is 11.0. The van der Waals surface area contributed by atoms with Crippen LogP contribution in [0, 0.1) is 0 Å². The van der Waals surface area contributed by atoms with E-state index in [9.17, 15) is 8.42 Å². The number of fused-ring (bicyclic) bond motifs is 1. The Morgan fingerprint density at radius 1 is 1.45 bits per heavy atom.